The number of ether oxygens (including phenoxy) is 1. The van der Waals surface area contributed by atoms with Gasteiger partial charge in [0.05, 0.1) is 18.8 Å². The topological polar surface area (TPSA) is 67.4 Å². The maximum atomic E-state index is 12.0. The van der Waals surface area contributed by atoms with E-state index in [0.29, 0.717) is 17.1 Å². The zero-order valence-electron chi connectivity index (χ0n) is 15.2. The summed E-state index contributed by atoms with van der Waals surface area (Å²) in [7, 11) is 1.59. The molecule has 0 fully saturated rings. The van der Waals surface area contributed by atoms with Crippen molar-refractivity contribution in [2.45, 2.75) is 18.2 Å². The minimum Gasteiger partial charge on any atom is -0.497 e. The van der Waals surface area contributed by atoms with Crippen molar-refractivity contribution in [3.05, 3.63) is 70.1 Å². The standard InChI is InChI=1S/C21H17N3O3S/c1-26-14-6-7-15-13(10-20(25)27-19(15)11-14)12-28-21-23-17-5-3-2-4-16(17)18-8-9-22-24(18)21/h2-7,9-11,18H,8,12H2,1H3. The Morgan fingerprint density at radius 2 is 2.14 bits per heavy atom. The molecule has 0 radical (unpaired) electrons. The molecule has 28 heavy (non-hydrogen) atoms. The van der Waals surface area contributed by atoms with Gasteiger partial charge in [0, 0.05) is 41.5 Å². The Kier molecular flexibility index (Phi) is 4.16. The first-order valence-corrected chi connectivity index (χ1v) is 9.94. The molecule has 140 valence electrons. The summed E-state index contributed by atoms with van der Waals surface area (Å²) in [6, 6.07) is 15.4. The fraction of sp³-hybridized carbons (Fsp3) is 0.190. The van der Waals surface area contributed by atoms with Gasteiger partial charge < -0.3 is 9.15 Å². The third kappa shape index (κ3) is 2.88. The molecule has 0 saturated heterocycles. The van der Waals surface area contributed by atoms with Gasteiger partial charge in [0.25, 0.3) is 0 Å². The highest BCUT2D eigenvalue weighted by Crippen LogP contribution is 2.41. The highest BCUT2D eigenvalue weighted by molar-refractivity contribution is 8.13. The van der Waals surface area contributed by atoms with E-state index in [1.165, 1.54) is 5.56 Å². The number of hydrogen-bond acceptors (Lipinski definition) is 7. The Balaban J connectivity index is 1.49. The highest BCUT2D eigenvalue weighted by atomic mass is 32.2. The molecule has 1 unspecified atom stereocenters. The van der Waals surface area contributed by atoms with Crippen LogP contribution < -0.4 is 10.4 Å². The Hall–Kier alpha value is -3.06. The number of thioether (sulfide) groups is 1. The van der Waals surface area contributed by atoms with E-state index in [1.54, 1.807) is 31.0 Å². The molecular weight excluding hydrogens is 374 g/mol. The second-order valence-electron chi connectivity index (χ2n) is 6.59. The van der Waals surface area contributed by atoms with Crippen molar-refractivity contribution in [1.29, 1.82) is 0 Å². The largest absolute Gasteiger partial charge is 0.497 e. The lowest BCUT2D eigenvalue weighted by Crippen LogP contribution is -2.27. The second kappa shape index (κ2) is 6.83. The predicted molar refractivity (Wildman–Crippen MR) is 112 cm³/mol. The van der Waals surface area contributed by atoms with Crippen LogP contribution in [-0.4, -0.2) is 23.5 Å². The van der Waals surface area contributed by atoms with Crippen molar-refractivity contribution in [1.82, 2.24) is 5.01 Å². The quantitative estimate of drug-likeness (QED) is 0.616. The van der Waals surface area contributed by atoms with Crippen LogP contribution in [0, 0.1) is 0 Å². The van der Waals surface area contributed by atoms with E-state index in [1.807, 2.05) is 41.6 Å². The summed E-state index contributed by atoms with van der Waals surface area (Å²) in [6.07, 6.45) is 2.80. The number of fused-ring (bicyclic) bond motifs is 4. The number of hydrogen-bond donors (Lipinski definition) is 0. The summed E-state index contributed by atoms with van der Waals surface area (Å²) < 4.78 is 10.6. The number of para-hydroxylation sites is 1. The monoisotopic (exact) mass is 391 g/mol. The van der Waals surface area contributed by atoms with Crippen LogP contribution in [0.1, 0.15) is 23.6 Å². The smallest absolute Gasteiger partial charge is 0.336 e. The molecule has 3 heterocycles. The zero-order chi connectivity index (χ0) is 19.1. The third-order valence-electron chi connectivity index (χ3n) is 4.93. The summed E-state index contributed by atoms with van der Waals surface area (Å²) in [5, 5.41) is 8.22. The van der Waals surface area contributed by atoms with E-state index < -0.39 is 0 Å². The van der Waals surface area contributed by atoms with Crippen LogP contribution in [0.15, 0.2) is 67.8 Å². The molecule has 7 heteroatoms. The van der Waals surface area contributed by atoms with Crippen molar-refractivity contribution >= 4 is 39.8 Å². The first-order valence-electron chi connectivity index (χ1n) is 8.96. The average Bonchev–Trinajstić information content (AvgIpc) is 3.21. The van der Waals surface area contributed by atoms with Gasteiger partial charge in [-0.05, 0) is 23.8 Å². The molecule has 5 rings (SSSR count). The number of benzene rings is 2. The van der Waals surface area contributed by atoms with Crippen LogP contribution in [-0.2, 0) is 5.75 Å². The molecule has 0 spiro atoms. The van der Waals surface area contributed by atoms with Gasteiger partial charge in [0.15, 0.2) is 5.17 Å². The molecular formula is C21H17N3O3S. The molecule has 0 aliphatic carbocycles. The second-order valence-corrected chi connectivity index (χ2v) is 7.53. The van der Waals surface area contributed by atoms with Gasteiger partial charge in [-0.25, -0.2) is 14.8 Å². The number of nitrogens with zero attached hydrogens (tertiary/aromatic N) is 3. The lowest BCUT2D eigenvalue weighted by molar-refractivity contribution is 0.372. The van der Waals surface area contributed by atoms with Gasteiger partial charge in [-0.2, -0.15) is 5.10 Å². The van der Waals surface area contributed by atoms with Gasteiger partial charge in [-0.3, -0.25) is 0 Å². The number of amidine groups is 1. The van der Waals surface area contributed by atoms with Gasteiger partial charge in [-0.1, -0.05) is 30.0 Å². The molecule has 2 aliphatic rings. The third-order valence-corrected chi connectivity index (χ3v) is 5.92. The zero-order valence-corrected chi connectivity index (χ0v) is 16.0. The maximum Gasteiger partial charge on any atom is 0.336 e. The first kappa shape index (κ1) is 17.1. The van der Waals surface area contributed by atoms with E-state index in [9.17, 15) is 4.79 Å². The summed E-state index contributed by atoms with van der Waals surface area (Å²) >= 11 is 1.57. The fourth-order valence-electron chi connectivity index (χ4n) is 3.58. The Labute approximate surface area is 165 Å². The highest BCUT2D eigenvalue weighted by Gasteiger charge is 2.32. The molecule has 1 atom stereocenters. The number of rotatable bonds is 3. The van der Waals surface area contributed by atoms with Crippen LogP contribution >= 0.6 is 11.8 Å². The predicted octanol–water partition coefficient (Wildman–Crippen LogP) is 4.47. The maximum absolute atomic E-state index is 12.0. The van der Waals surface area contributed by atoms with E-state index >= 15 is 0 Å². The van der Waals surface area contributed by atoms with Gasteiger partial charge in [0.1, 0.15) is 11.3 Å². The molecule has 2 aliphatic heterocycles. The molecule has 3 aromatic rings. The van der Waals surface area contributed by atoms with Crippen molar-refractivity contribution in [3.8, 4) is 5.75 Å². The summed E-state index contributed by atoms with van der Waals surface area (Å²) in [5.41, 5.74) is 3.24. The lowest BCUT2D eigenvalue weighted by Gasteiger charge is -2.29. The van der Waals surface area contributed by atoms with Crippen molar-refractivity contribution in [3.63, 3.8) is 0 Å². The number of aliphatic imine (C=N–C) groups is 1. The molecule has 0 saturated carbocycles. The Bertz CT molecular complexity index is 1180. The minimum absolute atomic E-state index is 0.193. The molecule has 0 bridgehead atoms. The lowest BCUT2D eigenvalue weighted by atomic mass is 10.0. The number of hydrazone groups is 1. The van der Waals surface area contributed by atoms with Crippen molar-refractivity contribution in [2.75, 3.05) is 7.11 Å². The Morgan fingerprint density at radius 1 is 1.25 bits per heavy atom. The van der Waals surface area contributed by atoms with E-state index in [0.717, 1.165) is 28.2 Å². The average molecular weight is 391 g/mol. The minimum atomic E-state index is -0.371. The normalized spacial score (nSPS) is 17.4. The first-order chi connectivity index (χ1) is 13.7. The summed E-state index contributed by atoms with van der Waals surface area (Å²) in [6.45, 7) is 0. The van der Waals surface area contributed by atoms with Crippen LogP contribution in [0.4, 0.5) is 5.69 Å². The van der Waals surface area contributed by atoms with Crippen molar-refractivity contribution < 1.29 is 9.15 Å². The van der Waals surface area contributed by atoms with Gasteiger partial charge >= 0.3 is 5.63 Å². The number of methoxy groups -OCH3 is 1. The summed E-state index contributed by atoms with van der Waals surface area (Å²) in [4.78, 5) is 16.8. The molecule has 0 amide bonds. The SMILES string of the molecule is COc1ccc2c(CSC3=Nc4ccccc4C4CC=NN34)cc(=O)oc2c1. The van der Waals surface area contributed by atoms with Gasteiger partial charge in [0.2, 0.25) is 0 Å². The van der Waals surface area contributed by atoms with Crippen LogP contribution in [0.5, 0.6) is 5.75 Å². The molecule has 1 aromatic heterocycles. The summed E-state index contributed by atoms with van der Waals surface area (Å²) in [5.74, 6) is 1.25. The van der Waals surface area contributed by atoms with E-state index in [-0.39, 0.29) is 11.7 Å². The van der Waals surface area contributed by atoms with E-state index in [2.05, 4.69) is 11.2 Å². The van der Waals surface area contributed by atoms with Crippen LogP contribution in [0.3, 0.4) is 0 Å². The molecule has 0 N–H and O–H groups in total. The molecule has 6 nitrogen and oxygen atoms in total. The van der Waals surface area contributed by atoms with Crippen LogP contribution in [0.25, 0.3) is 11.0 Å². The van der Waals surface area contributed by atoms with E-state index in [4.69, 9.17) is 14.1 Å². The van der Waals surface area contributed by atoms with Crippen molar-refractivity contribution in [2.24, 2.45) is 10.1 Å². The fourth-order valence-corrected chi connectivity index (χ4v) is 4.57. The Morgan fingerprint density at radius 3 is 3.04 bits per heavy atom. The molecule has 2 aromatic carbocycles. The van der Waals surface area contributed by atoms with Gasteiger partial charge in [-0.15, -0.1) is 0 Å². The van der Waals surface area contributed by atoms with Crippen LogP contribution in [0.2, 0.25) is 0 Å².